The molecular weight excluding hydrogens is 302 g/mol. The van der Waals surface area contributed by atoms with Crippen LogP contribution in [0.25, 0.3) is 0 Å². The maximum absolute atomic E-state index is 11.8. The monoisotopic (exact) mass is 319 g/mol. The van der Waals surface area contributed by atoms with Gasteiger partial charge in [0.05, 0.1) is 12.0 Å². The van der Waals surface area contributed by atoms with Crippen molar-refractivity contribution in [1.82, 2.24) is 5.32 Å². The van der Waals surface area contributed by atoms with Gasteiger partial charge in [0, 0.05) is 22.6 Å². The van der Waals surface area contributed by atoms with E-state index in [1.54, 1.807) is 20.8 Å². The van der Waals surface area contributed by atoms with Crippen LogP contribution >= 0.6 is 10.7 Å². The van der Waals surface area contributed by atoms with Gasteiger partial charge in [-0.15, -0.1) is 0 Å². The zero-order valence-electron chi connectivity index (χ0n) is 11.9. The van der Waals surface area contributed by atoms with E-state index in [4.69, 9.17) is 15.4 Å². The fraction of sp³-hybridized carbons (Fsp3) is 0.462. The zero-order valence-corrected chi connectivity index (χ0v) is 13.4. The van der Waals surface area contributed by atoms with Crippen LogP contribution in [0, 0.1) is 5.41 Å². The van der Waals surface area contributed by atoms with Gasteiger partial charge >= 0.3 is 0 Å². The summed E-state index contributed by atoms with van der Waals surface area (Å²) in [6.45, 7) is 5.38. The van der Waals surface area contributed by atoms with Crippen molar-refractivity contribution in [3.8, 4) is 5.75 Å². The van der Waals surface area contributed by atoms with Gasteiger partial charge in [0.25, 0.3) is 9.05 Å². The molecule has 7 heteroatoms. The topological polar surface area (TPSA) is 72.5 Å². The Kier molecular flexibility index (Phi) is 5.05. The second kappa shape index (κ2) is 6.01. The van der Waals surface area contributed by atoms with Crippen molar-refractivity contribution < 1.29 is 17.9 Å². The number of ether oxygens (including phenoxy) is 1. The Balaban J connectivity index is 3.07. The number of hydrogen-bond acceptors (Lipinski definition) is 4. The van der Waals surface area contributed by atoms with E-state index in [0.717, 1.165) is 0 Å². The molecule has 0 atom stereocenters. The molecule has 0 fully saturated rings. The van der Waals surface area contributed by atoms with Gasteiger partial charge in [-0.05, 0) is 23.8 Å². The lowest BCUT2D eigenvalue weighted by Crippen LogP contribution is -2.34. The smallest absolute Gasteiger partial charge is 0.261 e. The predicted molar refractivity (Wildman–Crippen MR) is 77.3 cm³/mol. The van der Waals surface area contributed by atoms with Crippen LogP contribution in [-0.2, 0) is 20.4 Å². The number of carbonyl (C=O) groups is 1. The van der Waals surface area contributed by atoms with Gasteiger partial charge in [-0.2, -0.15) is 0 Å². The molecule has 0 saturated heterocycles. The molecule has 0 unspecified atom stereocenters. The number of nitrogens with one attached hydrogen (secondary N) is 1. The Labute approximate surface area is 123 Å². The minimum atomic E-state index is -3.88. The van der Waals surface area contributed by atoms with Gasteiger partial charge < -0.3 is 10.1 Å². The summed E-state index contributed by atoms with van der Waals surface area (Å²) in [4.78, 5) is 11.8. The first-order valence-corrected chi connectivity index (χ1v) is 8.26. The van der Waals surface area contributed by atoms with Crippen LogP contribution in [0.5, 0.6) is 5.75 Å². The third-order valence-corrected chi connectivity index (χ3v) is 4.07. The maximum atomic E-state index is 11.8. The van der Waals surface area contributed by atoms with Crippen molar-refractivity contribution in [3.05, 3.63) is 23.8 Å². The molecule has 1 aromatic rings. The highest BCUT2D eigenvalue weighted by Crippen LogP contribution is 2.25. The molecule has 0 heterocycles. The summed E-state index contributed by atoms with van der Waals surface area (Å²) in [5.74, 6) is 0.312. The first-order valence-electron chi connectivity index (χ1n) is 5.95. The van der Waals surface area contributed by atoms with Crippen LogP contribution < -0.4 is 10.1 Å². The molecule has 0 bridgehead atoms. The van der Waals surface area contributed by atoms with Crippen LogP contribution in [0.2, 0.25) is 0 Å². The summed E-state index contributed by atoms with van der Waals surface area (Å²) < 4.78 is 28.1. The highest BCUT2D eigenvalue weighted by molar-refractivity contribution is 8.13. The maximum Gasteiger partial charge on any atom is 0.261 e. The average molecular weight is 320 g/mol. The van der Waals surface area contributed by atoms with Crippen molar-refractivity contribution in [2.24, 2.45) is 5.41 Å². The van der Waals surface area contributed by atoms with Gasteiger partial charge in [-0.25, -0.2) is 8.42 Å². The Bertz CT molecular complexity index is 605. The average Bonchev–Trinajstić information content (AvgIpc) is 2.33. The summed E-state index contributed by atoms with van der Waals surface area (Å²) in [5.41, 5.74) is -0.171. The first kappa shape index (κ1) is 16.8. The molecule has 0 aliphatic rings. The highest BCUT2D eigenvalue weighted by atomic mass is 35.7. The molecule has 1 amide bonds. The summed E-state index contributed by atoms with van der Waals surface area (Å²) in [7, 11) is 2.98. The number of methoxy groups -OCH3 is 1. The Morgan fingerprint density at radius 3 is 2.40 bits per heavy atom. The van der Waals surface area contributed by atoms with E-state index in [1.165, 1.54) is 25.3 Å². The SMILES string of the molecule is COc1ccc(S(=O)(=O)Cl)c(CNC(=O)C(C)(C)C)c1. The molecule has 1 aromatic carbocycles. The molecule has 1 rings (SSSR count). The van der Waals surface area contributed by atoms with Crippen LogP contribution in [0.4, 0.5) is 0 Å². The molecule has 112 valence electrons. The van der Waals surface area contributed by atoms with Gasteiger partial charge in [-0.1, -0.05) is 20.8 Å². The van der Waals surface area contributed by atoms with E-state index in [2.05, 4.69) is 5.32 Å². The van der Waals surface area contributed by atoms with Crippen LogP contribution in [0.1, 0.15) is 26.3 Å². The van der Waals surface area contributed by atoms with E-state index >= 15 is 0 Å². The lowest BCUT2D eigenvalue weighted by atomic mass is 9.95. The van der Waals surface area contributed by atoms with Crippen molar-refractivity contribution >= 4 is 25.6 Å². The second-order valence-electron chi connectivity index (χ2n) is 5.34. The van der Waals surface area contributed by atoms with Crippen LogP contribution in [-0.4, -0.2) is 21.4 Å². The molecule has 0 aliphatic heterocycles. The lowest BCUT2D eigenvalue weighted by molar-refractivity contribution is -0.128. The van der Waals surface area contributed by atoms with Gasteiger partial charge in [-0.3, -0.25) is 4.79 Å². The van der Waals surface area contributed by atoms with E-state index in [9.17, 15) is 13.2 Å². The Morgan fingerprint density at radius 1 is 1.35 bits per heavy atom. The van der Waals surface area contributed by atoms with Crippen molar-refractivity contribution in [1.29, 1.82) is 0 Å². The van der Waals surface area contributed by atoms with Crippen molar-refractivity contribution in [2.45, 2.75) is 32.2 Å². The number of benzene rings is 1. The third-order valence-electron chi connectivity index (χ3n) is 2.65. The number of rotatable bonds is 4. The van der Waals surface area contributed by atoms with Crippen LogP contribution in [0.3, 0.4) is 0 Å². The molecule has 1 N–H and O–H groups in total. The van der Waals surface area contributed by atoms with Gasteiger partial charge in [0.1, 0.15) is 5.75 Å². The molecule has 0 saturated carbocycles. The minimum Gasteiger partial charge on any atom is -0.497 e. The zero-order chi connectivity index (χ0) is 15.6. The molecule has 20 heavy (non-hydrogen) atoms. The number of carbonyl (C=O) groups excluding carboxylic acids is 1. The molecule has 0 radical (unpaired) electrons. The number of amides is 1. The van der Waals surface area contributed by atoms with Crippen LogP contribution in [0.15, 0.2) is 23.1 Å². The Hall–Kier alpha value is -1.27. The standard InChI is InChI=1S/C13H18ClNO4S/c1-13(2,3)12(16)15-8-9-7-10(19-4)5-6-11(9)20(14,17)18/h5-7H,8H2,1-4H3,(H,15,16). The van der Waals surface area contributed by atoms with Crippen molar-refractivity contribution in [2.75, 3.05) is 7.11 Å². The first-order chi connectivity index (χ1) is 9.05. The normalized spacial score (nSPS) is 12.1. The molecule has 0 aromatic heterocycles. The van der Waals surface area contributed by atoms with E-state index < -0.39 is 14.5 Å². The van der Waals surface area contributed by atoms with E-state index in [1.807, 2.05) is 0 Å². The van der Waals surface area contributed by atoms with E-state index in [-0.39, 0.29) is 17.3 Å². The third kappa shape index (κ3) is 4.38. The summed E-state index contributed by atoms with van der Waals surface area (Å²) in [5, 5.41) is 2.69. The molecule has 0 aliphatic carbocycles. The summed E-state index contributed by atoms with van der Waals surface area (Å²) in [6.07, 6.45) is 0. The highest BCUT2D eigenvalue weighted by Gasteiger charge is 2.22. The van der Waals surface area contributed by atoms with Gasteiger partial charge in [0.15, 0.2) is 0 Å². The number of halogens is 1. The van der Waals surface area contributed by atoms with Gasteiger partial charge in [0.2, 0.25) is 5.91 Å². The fourth-order valence-electron chi connectivity index (χ4n) is 1.50. The second-order valence-corrected chi connectivity index (χ2v) is 7.88. The molecular formula is C13H18ClNO4S. The van der Waals surface area contributed by atoms with Crippen molar-refractivity contribution in [3.63, 3.8) is 0 Å². The quantitative estimate of drug-likeness (QED) is 0.864. The summed E-state index contributed by atoms with van der Waals surface area (Å²) in [6, 6.07) is 4.41. The number of hydrogen-bond donors (Lipinski definition) is 1. The van der Waals surface area contributed by atoms with E-state index in [0.29, 0.717) is 11.3 Å². The largest absolute Gasteiger partial charge is 0.497 e. The predicted octanol–water partition coefficient (Wildman–Crippen LogP) is 2.29. The minimum absolute atomic E-state index is 0.0332. The molecule has 5 nitrogen and oxygen atoms in total. The summed E-state index contributed by atoms with van der Waals surface area (Å²) >= 11 is 0. The lowest BCUT2D eigenvalue weighted by Gasteiger charge is -2.18. The Morgan fingerprint density at radius 2 is 1.95 bits per heavy atom. The molecule has 0 spiro atoms. The fourth-order valence-corrected chi connectivity index (χ4v) is 2.63.